The summed E-state index contributed by atoms with van der Waals surface area (Å²) in [5.74, 6) is -4.35. The van der Waals surface area contributed by atoms with E-state index >= 15 is 0 Å². The van der Waals surface area contributed by atoms with Gasteiger partial charge in [-0.15, -0.1) is 0 Å². The molecule has 0 aliphatic carbocycles. The Hall–Kier alpha value is -2.02. The Morgan fingerprint density at radius 2 is 1.73 bits per heavy atom. The first-order chi connectivity index (χ1) is 10.4. The van der Waals surface area contributed by atoms with Gasteiger partial charge in [-0.2, -0.15) is 0 Å². The van der Waals surface area contributed by atoms with Crippen molar-refractivity contribution in [2.45, 2.75) is 6.54 Å². The van der Waals surface area contributed by atoms with Crippen molar-refractivity contribution in [2.24, 2.45) is 0 Å². The highest BCUT2D eigenvalue weighted by atomic mass is 79.9. The summed E-state index contributed by atoms with van der Waals surface area (Å²) in [6.07, 6.45) is 0. The van der Waals surface area contributed by atoms with Gasteiger partial charge in [0.05, 0.1) is 5.69 Å². The van der Waals surface area contributed by atoms with Crippen molar-refractivity contribution in [3.05, 3.63) is 63.9 Å². The highest BCUT2D eigenvalue weighted by Crippen LogP contribution is 2.20. The molecule has 2 amide bonds. The highest BCUT2D eigenvalue weighted by molar-refractivity contribution is 9.10. The summed E-state index contributed by atoms with van der Waals surface area (Å²) in [4.78, 5) is 13.3. The molecule has 2 aromatic carbocycles. The maximum Gasteiger partial charge on any atom is 0.321 e. The summed E-state index contributed by atoms with van der Waals surface area (Å²) < 4.78 is 40.4. The molecule has 1 N–H and O–H groups in total. The van der Waals surface area contributed by atoms with E-state index in [1.165, 1.54) is 11.9 Å². The Bertz CT molecular complexity index is 692. The molecule has 0 heterocycles. The van der Waals surface area contributed by atoms with Crippen LogP contribution in [0.25, 0.3) is 0 Å². The fourth-order valence-corrected chi connectivity index (χ4v) is 2.03. The van der Waals surface area contributed by atoms with Gasteiger partial charge in [-0.3, -0.25) is 0 Å². The molecule has 2 aromatic rings. The molecule has 3 nitrogen and oxygen atoms in total. The standard InChI is InChI=1S/C15H12BrF3N2O/c1-21(8-9-2-4-10(16)5-3-9)15(22)20-12-7-6-11(17)13(18)14(12)19/h2-7H,8H2,1H3,(H,20,22). The monoisotopic (exact) mass is 372 g/mol. The SMILES string of the molecule is CN(Cc1ccc(Br)cc1)C(=O)Nc1ccc(F)c(F)c1F. The van der Waals surface area contributed by atoms with Crippen molar-refractivity contribution < 1.29 is 18.0 Å². The fraction of sp³-hybridized carbons (Fsp3) is 0.133. The number of nitrogens with zero attached hydrogens (tertiary/aromatic N) is 1. The Morgan fingerprint density at radius 3 is 2.36 bits per heavy atom. The Kier molecular flexibility index (Phi) is 5.07. The minimum atomic E-state index is -1.62. The number of hydrogen-bond acceptors (Lipinski definition) is 1. The second-order valence-electron chi connectivity index (χ2n) is 4.64. The molecule has 0 atom stereocenters. The van der Waals surface area contributed by atoms with E-state index in [1.807, 2.05) is 24.3 Å². The van der Waals surface area contributed by atoms with Crippen LogP contribution in [0, 0.1) is 17.5 Å². The van der Waals surface area contributed by atoms with Gasteiger partial charge in [0, 0.05) is 18.1 Å². The lowest BCUT2D eigenvalue weighted by Crippen LogP contribution is -2.31. The Labute approximate surface area is 133 Å². The lowest BCUT2D eigenvalue weighted by Gasteiger charge is -2.18. The molecule has 0 spiro atoms. The van der Waals surface area contributed by atoms with Crippen LogP contribution >= 0.6 is 15.9 Å². The third-order valence-electron chi connectivity index (χ3n) is 2.96. The van der Waals surface area contributed by atoms with Gasteiger partial charge in [-0.1, -0.05) is 28.1 Å². The van der Waals surface area contributed by atoms with Crippen molar-refractivity contribution in [3.8, 4) is 0 Å². The van der Waals surface area contributed by atoms with Gasteiger partial charge in [-0.05, 0) is 29.8 Å². The van der Waals surface area contributed by atoms with Gasteiger partial charge in [-0.25, -0.2) is 18.0 Å². The van der Waals surface area contributed by atoms with Crippen LogP contribution in [0.1, 0.15) is 5.56 Å². The molecule has 0 aromatic heterocycles. The summed E-state index contributed by atoms with van der Waals surface area (Å²) in [5, 5.41) is 2.21. The molecule has 7 heteroatoms. The maximum absolute atomic E-state index is 13.5. The lowest BCUT2D eigenvalue weighted by atomic mass is 10.2. The first-order valence-corrected chi connectivity index (χ1v) is 7.08. The number of amides is 2. The number of urea groups is 1. The molecule has 2 rings (SSSR count). The van der Waals surface area contributed by atoms with Crippen molar-refractivity contribution in [2.75, 3.05) is 12.4 Å². The Morgan fingerprint density at radius 1 is 1.09 bits per heavy atom. The van der Waals surface area contributed by atoms with Crippen LogP contribution in [0.15, 0.2) is 40.9 Å². The van der Waals surface area contributed by atoms with E-state index in [1.54, 1.807) is 0 Å². The third-order valence-corrected chi connectivity index (χ3v) is 3.49. The average molecular weight is 373 g/mol. The minimum Gasteiger partial charge on any atom is -0.323 e. The van der Waals surface area contributed by atoms with Crippen LogP contribution in [-0.4, -0.2) is 18.0 Å². The van der Waals surface area contributed by atoms with E-state index in [2.05, 4.69) is 21.2 Å². The lowest BCUT2D eigenvalue weighted by molar-refractivity contribution is 0.220. The molecule has 22 heavy (non-hydrogen) atoms. The van der Waals surface area contributed by atoms with E-state index in [0.29, 0.717) is 0 Å². The zero-order valence-electron chi connectivity index (χ0n) is 11.5. The molecule has 0 saturated carbocycles. The second kappa shape index (κ2) is 6.83. The zero-order chi connectivity index (χ0) is 16.3. The summed E-state index contributed by atoms with van der Waals surface area (Å²) in [6, 6.07) is 8.40. The quantitative estimate of drug-likeness (QED) is 0.788. The maximum atomic E-state index is 13.5. The number of carbonyl (C=O) groups is 1. The highest BCUT2D eigenvalue weighted by Gasteiger charge is 2.17. The minimum absolute atomic E-state index is 0.282. The van der Waals surface area contributed by atoms with Gasteiger partial charge >= 0.3 is 6.03 Å². The van der Waals surface area contributed by atoms with Crippen LogP contribution in [0.5, 0.6) is 0 Å². The van der Waals surface area contributed by atoms with Crippen molar-refractivity contribution in [3.63, 3.8) is 0 Å². The van der Waals surface area contributed by atoms with Crippen LogP contribution in [-0.2, 0) is 6.54 Å². The van der Waals surface area contributed by atoms with Crippen molar-refractivity contribution in [1.29, 1.82) is 0 Å². The summed E-state index contributed by atoms with van der Waals surface area (Å²) >= 11 is 3.30. The summed E-state index contributed by atoms with van der Waals surface area (Å²) in [5.41, 5.74) is 0.457. The topological polar surface area (TPSA) is 32.3 Å². The molecular weight excluding hydrogens is 361 g/mol. The predicted molar refractivity (Wildman–Crippen MR) is 80.9 cm³/mol. The van der Waals surface area contributed by atoms with Gasteiger partial charge in [0.15, 0.2) is 17.5 Å². The van der Waals surface area contributed by atoms with E-state index < -0.39 is 29.2 Å². The zero-order valence-corrected chi connectivity index (χ0v) is 13.1. The first kappa shape index (κ1) is 16.4. The van der Waals surface area contributed by atoms with E-state index in [0.717, 1.165) is 22.2 Å². The van der Waals surface area contributed by atoms with E-state index in [4.69, 9.17) is 0 Å². The van der Waals surface area contributed by atoms with Gasteiger partial charge in [0.25, 0.3) is 0 Å². The van der Waals surface area contributed by atoms with E-state index in [9.17, 15) is 18.0 Å². The van der Waals surface area contributed by atoms with Gasteiger partial charge < -0.3 is 10.2 Å². The molecule has 116 valence electrons. The number of halogens is 4. The molecular formula is C15H12BrF3N2O. The third kappa shape index (κ3) is 3.79. The number of anilines is 1. The summed E-state index contributed by atoms with van der Waals surface area (Å²) in [6.45, 7) is 0.282. The number of benzene rings is 2. The Balaban J connectivity index is 2.05. The summed E-state index contributed by atoms with van der Waals surface area (Å²) in [7, 11) is 1.51. The molecule has 0 unspecified atom stereocenters. The smallest absolute Gasteiger partial charge is 0.321 e. The number of hydrogen-bond donors (Lipinski definition) is 1. The molecule has 0 bridgehead atoms. The van der Waals surface area contributed by atoms with Crippen molar-refractivity contribution in [1.82, 2.24) is 4.90 Å². The normalized spacial score (nSPS) is 10.4. The molecule has 0 aliphatic heterocycles. The number of rotatable bonds is 3. The van der Waals surface area contributed by atoms with Gasteiger partial charge in [0.1, 0.15) is 0 Å². The fourth-order valence-electron chi connectivity index (χ4n) is 1.77. The number of carbonyl (C=O) groups excluding carboxylic acids is 1. The number of nitrogens with one attached hydrogen (secondary N) is 1. The largest absolute Gasteiger partial charge is 0.323 e. The molecule has 0 saturated heterocycles. The molecule has 0 radical (unpaired) electrons. The molecule has 0 fully saturated rings. The van der Waals surface area contributed by atoms with Crippen LogP contribution in [0.2, 0.25) is 0 Å². The second-order valence-corrected chi connectivity index (χ2v) is 5.55. The van der Waals surface area contributed by atoms with Crippen LogP contribution in [0.4, 0.5) is 23.7 Å². The average Bonchev–Trinajstić information content (AvgIpc) is 2.50. The first-order valence-electron chi connectivity index (χ1n) is 6.28. The molecule has 0 aliphatic rings. The van der Waals surface area contributed by atoms with Crippen LogP contribution < -0.4 is 5.32 Å². The van der Waals surface area contributed by atoms with Crippen LogP contribution in [0.3, 0.4) is 0 Å². The predicted octanol–water partition coefficient (Wildman–Crippen LogP) is 4.53. The van der Waals surface area contributed by atoms with Crippen molar-refractivity contribution >= 4 is 27.6 Å². The van der Waals surface area contributed by atoms with E-state index in [-0.39, 0.29) is 6.54 Å². The van der Waals surface area contributed by atoms with Gasteiger partial charge in [0.2, 0.25) is 0 Å².